The van der Waals surface area contributed by atoms with E-state index in [9.17, 15) is 9.59 Å². The third-order valence-electron chi connectivity index (χ3n) is 4.23. The topological polar surface area (TPSA) is 106 Å². The van der Waals surface area contributed by atoms with Crippen molar-refractivity contribution in [2.75, 3.05) is 13.1 Å². The Kier molecular flexibility index (Phi) is 4.29. The first-order valence-electron chi connectivity index (χ1n) is 7.66. The van der Waals surface area contributed by atoms with Crippen LogP contribution in [0.15, 0.2) is 30.5 Å². The van der Waals surface area contributed by atoms with E-state index in [1.165, 1.54) is 11.1 Å². The van der Waals surface area contributed by atoms with E-state index >= 15 is 0 Å². The number of hydrogen-bond donors (Lipinski definition) is 2. The Labute approximate surface area is 138 Å². The average molecular weight is 324 g/mol. The number of fused-ring (bicyclic) bond motifs is 1. The van der Waals surface area contributed by atoms with E-state index < -0.39 is 6.09 Å². The number of carbonyl (C=O) groups is 2. The number of aromatic nitrogens is 1. The molecule has 1 aliphatic rings. The van der Waals surface area contributed by atoms with Crippen molar-refractivity contribution in [2.24, 2.45) is 0 Å². The summed E-state index contributed by atoms with van der Waals surface area (Å²) in [7, 11) is 0. The standard InChI is InChI=1S/C17H16N4O3/c18-9-11-10-19-15(14-4-2-1-3-13(11)14)16(22)20-12-5-7-21(8-6-12)17(23)24/h1-4,10,12H,5-8H2,(H,20,22)(H,23,24). The molecule has 0 unspecified atom stereocenters. The lowest BCUT2D eigenvalue weighted by Crippen LogP contribution is -2.46. The predicted molar refractivity (Wildman–Crippen MR) is 86.5 cm³/mol. The fourth-order valence-corrected chi connectivity index (χ4v) is 2.93. The number of nitriles is 1. The van der Waals surface area contributed by atoms with Gasteiger partial charge in [-0.2, -0.15) is 5.26 Å². The summed E-state index contributed by atoms with van der Waals surface area (Å²) in [6, 6.07) is 9.17. The Bertz CT molecular complexity index is 835. The van der Waals surface area contributed by atoms with Crippen LogP contribution in [0.5, 0.6) is 0 Å². The number of likely N-dealkylation sites (tertiary alicyclic amines) is 1. The molecule has 2 amide bonds. The molecule has 0 saturated carbocycles. The normalized spacial score (nSPS) is 15.0. The van der Waals surface area contributed by atoms with E-state index in [-0.39, 0.29) is 17.6 Å². The van der Waals surface area contributed by atoms with Gasteiger partial charge in [-0.3, -0.25) is 4.79 Å². The highest BCUT2D eigenvalue weighted by Gasteiger charge is 2.24. The smallest absolute Gasteiger partial charge is 0.407 e. The summed E-state index contributed by atoms with van der Waals surface area (Å²) in [5.41, 5.74) is 0.710. The van der Waals surface area contributed by atoms with Crippen LogP contribution in [0.3, 0.4) is 0 Å². The summed E-state index contributed by atoms with van der Waals surface area (Å²) in [4.78, 5) is 29.0. The summed E-state index contributed by atoms with van der Waals surface area (Å²) in [6.07, 6.45) is 1.63. The largest absolute Gasteiger partial charge is 0.465 e. The third kappa shape index (κ3) is 2.99. The zero-order valence-corrected chi connectivity index (χ0v) is 12.9. The van der Waals surface area contributed by atoms with Crippen molar-refractivity contribution in [1.82, 2.24) is 15.2 Å². The van der Waals surface area contributed by atoms with Crippen LogP contribution in [0.25, 0.3) is 10.8 Å². The van der Waals surface area contributed by atoms with Crippen molar-refractivity contribution in [1.29, 1.82) is 5.26 Å². The first-order valence-corrected chi connectivity index (χ1v) is 7.66. The second-order valence-corrected chi connectivity index (χ2v) is 5.70. The van der Waals surface area contributed by atoms with Gasteiger partial charge in [0.25, 0.3) is 5.91 Å². The first-order chi connectivity index (χ1) is 11.6. The van der Waals surface area contributed by atoms with Crippen molar-refractivity contribution in [3.05, 3.63) is 41.7 Å². The van der Waals surface area contributed by atoms with Crippen LogP contribution in [0, 0.1) is 11.3 Å². The van der Waals surface area contributed by atoms with Gasteiger partial charge < -0.3 is 15.3 Å². The van der Waals surface area contributed by atoms with Gasteiger partial charge in [-0.1, -0.05) is 24.3 Å². The van der Waals surface area contributed by atoms with Gasteiger partial charge in [-0.15, -0.1) is 0 Å². The van der Waals surface area contributed by atoms with E-state index in [2.05, 4.69) is 16.4 Å². The number of benzene rings is 1. The molecule has 0 aliphatic carbocycles. The van der Waals surface area contributed by atoms with Crippen LogP contribution < -0.4 is 5.32 Å². The molecule has 3 rings (SSSR count). The lowest BCUT2D eigenvalue weighted by Gasteiger charge is -2.30. The highest BCUT2D eigenvalue weighted by atomic mass is 16.4. The van der Waals surface area contributed by atoms with Gasteiger partial charge in [0.2, 0.25) is 0 Å². The summed E-state index contributed by atoms with van der Waals surface area (Å²) in [5.74, 6) is -0.301. The van der Waals surface area contributed by atoms with Gasteiger partial charge in [0, 0.05) is 36.1 Å². The monoisotopic (exact) mass is 324 g/mol. The number of hydrogen-bond acceptors (Lipinski definition) is 4. The molecule has 1 saturated heterocycles. The number of pyridine rings is 1. The Hall–Kier alpha value is -3.14. The molecule has 0 atom stereocenters. The Balaban J connectivity index is 1.78. The maximum absolute atomic E-state index is 12.6. The van der Waals surface area contributed by atoms with Crippen LogP contribution in [0.4, 0.5) is 4.79 Å². The minimum atomic E-state index is -0.931. The number of nitrogens with zero attached hydrogens (tertiary/aromatic N) is 3. The highest BCUT2D eigenvalue weighted by Crippen LogP contribution is 2.21. The van der Waals surface area contributed by atoms with Crippen molar-refractivity contribution in [3.63, 3.8) is 0 Å². The molecule has 0 bridgehead atoms. The average Bonchev–Trinajstić information content (AvgIpc) is 2.61. The summed E-state index contributed by atoms with van der Waals surface area (Å²) < 4.78 is 0. The van der Waals surface area contributed by atoms with Crippen molar-refractivity contribution < 1.29 is 14.7 Å². The van der Waals surface area contributed by atoms with E-state index in [0.29, 0.717) is 42.3 Å². The van der Waals surface area contributed by atoms with Gasteiger partial charge >= 0.3 is 6.09 Å². The summed E-state index contributed by atoms with van der Waals surface area (Å²) >= 11 is 0. The second-order valence-electron chi connectivity index (χ2n) is 5.70. The molecule has 1 aliphatic heterocycles. The van der Waals surface area contributed by atoms with Crippen LogP contribution in [-0.2, 0) is 0 Å². The summed E-state index contributed by atoms with van der Waals surface area (Å²) in [6.45, 7) is 0.809. The van der Waals surface area contributed by atoms with Crippen molar-refractivity contribution >= 4 is 22.8 Å². The number of rotatable bonds is 2. The maximum Gasteiger partial charge on any atom is 0.407 e. The van der Waals surface area contributed by atoms with Crippen LogP contribution in [0.1, 0.15) is 28.9 Å². The fraction of sp³-hybridized carbons (Fsp3) is 0.294. The number of carbonyl (C=O) groups excluding carboxylic acids is 1. The number of nitrogens with one attached hydrogen (secondary N) is 1. The lowest BCUT2D eigenvalue weighted by molar-refractivity contribution is 0.0904. The quantitative estimate of drug-likeness (QED) is 0.878. The number of carboxylic acid groups (broad SMARTS) is 1. The van der Waals surface area contributed by atoms with Gasteiger partial charge in [0.1, 0.15) is 11.8 Å². The molecule has 24 heavy (non-hydrogen) atoms. The molecule has 2 aromatic rings. The molecule has 7 heteroatoms. The Morgan fingerprint density at radius 2 is 1.92 bits per heavy atom. The molecular formula is C17H16N4O3. The molecule has 7 nitrogen and oxygen atoms in total. The summed E-state index contributed by atoms with van der Waals surface area (Å²) in [5, 5.41) is 22.4. The van der Waals surface area contributed by atoms with Gasteiger partial charge in [0.05, 0.1) is 5.56 Å². The molecular weight excluding hydrogens is 308 g/mol. The Morgan fingerprint density at radius 1 is 1.25 bits per heavy atom. The van der Waals surface area contributed by atoms with E-state index in [0.717, 1.165) is 0 Å². The van der Waals surface area contributed by atoms with Crippen LogP contribution >= 0.6 is 0 Å². The molecule has 1 aromatic heterocycles. The minimum Gasteiger partial charge on any atom is -0.465 e. The molecule has 0 spiro atoms. The van der Waals surface area contributed by atoms with Crippen LogP contribution in [-0.4, -0.2) is 46.1 Å². The molecule has 1 aromatic carbocycles. The number of amides is 2. The van der Waals surface area contributed by atoms with E-state index in [1.54, 1.807) is 18.2 Å². The predicted octanol–water partition coefficient (Wildman–Crippen LogP) is 1.98. The molecule has 1 fully saturated rings. The highest BCUT2D eigenvalue weighted by molar-refractivity contribution is 6.06. The fourth-order valence-electron chi connectivity index (χ4n) is 2.93. The lowest BCUT2D eigenvalue weighted by atomic mass is 10.0. The Morgan fingerprint density at radius 3 is 2.54 bits per heavy atom. The minimum absolute atomic E-state index is 0.0793. The van der Waals surface area contributed by atoms with Gasteiger partial charge in [-0.25, -0.2) is 9.78 Å². The van der Waals surface area contributed by atoms with Crippen molar-refractivity contribution in [3.8, 4) is 6.07 Å². The van der Waals surface area contributed by atoms with Crippen LogP contribution in [0.2, 0.25) is 0 Å². The first kappa shape index (κ1) is 15.7. The van der Waals surface area contributed by atoms with E-state index in [4.69, 9.17) is 10.4 Å². The third-order valence-corrected chi connectivity index (χ3v) is 4.23. The molecule has 0 radical (unpaired) electrons. The van der Waals surface area contributed by atoms with E-state index in [1.807, 2.05) is 6.07 Å². The SMILES string of the molecule is N#Cc1cnc(C(=O)NC2CCN(C(=O)O)CC2)c2ccccc12. The molecule has 2 N–H and O–H groups in total. The maximum atomic E-state index is 12.6. The zero-order chi connectivity index (χ0) is 17.1. The number of piperidine rings is 1. The van der Waals surface area contributed by atoms with Gasteiger partial charge in [0.15, 0.2) is 0 Å². The molecule has 122 valence electrons. The zero-order valence-electron chi connectivity index (χ0n) is 12.9. The van der Waals surface area contributed by atoms with Crippen molar-refractivity contribution in [2.45, 2.75) is 18.9 Å². The molecule has 2 heterocycles. The second kappa shape index (κ2) is 6.54. The van der Waals surface area contributed by atoms with Gasteiger partial charge in [-0.05, 0) is 12.8 Å².